The summed E-state index contributed by atoms with van der Waals surface area (Å²) in [7, 11) is 0. The predicted octanol–water partition coefficient (Wildman–Crippen LogP) is 4.91. The van der Waals surface area contributed by atoms with Gasteiger partial charge < -0.3 is 9.47 Å². The lowest BCUT2D eigenvalue weighted by atomic mass is 10.1. The second-order valence-corrected chi connectivity index (χ2v) is 8.52. The minimum Gasteiger partial charge on any atom is -0.494 e. The number of rotatable bonds is 11. The van der Waals surface area contributed by atoms with Crippen LogP contribution in [0.1, 0.15) is 38.3 Å². The number of ether oxygens (including phenoxy) is 2. The van der Waals surface area contributed by atoms with Crippen LogP contribution in [0, 0.1) is 0 Å². The summed E-state index contributed by atoms with van der Waals surface area (Å²) in [4.78, 5) is 28.2. The normalized spacial score (nSPS) is 14.1. The molecule has 0 spiro atoms. The smallest absolute Gasteiger partial charge is 0.268 e. The highest BCUT2D eigenvalue weighted by molar-refractivity contribution is 8.03. The molecule has 1 heterocycles. The minimum absolute atomic E-state index is 0.0443. The summed E-state index contributed by atoms with van der Waals surface area (Å²) in [6.07, 6.45) is 0.968. The highest BCUT2D eigenvalue weighted by atomic mass is 32.2. The van der Waals surface area contributed by atoms with Crippen LogP contribution in [-0.2, 0) is 20.1 Å². The molecule has 1 aliphatic heterocycles. The Morgan fingerprint density at radius 1 is 0.935 bits per heavy atom. The zero-order valence-corrected chi connectivity index (χ0v) is 19.1. The molecule has 6 heteroatoms. The Morgan fingerprint density at radius 2 is 1.65 bits per heavy atom. The number of hydrogen-bond acceptors (Lipinski definition) is 5. The summed E-state index contributed by atoms with van der Waals surface area (Å²) in [5.74, 6) is 0.852. The average molecular weight is 440 g/mol. The molecular formula is C25H29NO4S. The summed E-state index contributed by atoms with van der Waals surface area (Å²) in [6.45, 7) is 7.12. The molecule has 2 aromatic carbocycles. The molecule has 0 N–H and O–H groups in total. The average Bonchev–Trinajstić information content (AvgIpc) is 3.01. The highest BCUT2D eigenvalue weighted by Gasteiger charge is 2.38. The molecule has 0 bridgehead atoms. The van der Waals surface area contributed by atoms with Crippen LogP contribution < -0.4 is 4.74 Å². The molecule has 31 heavy (non-hydrogen) atoms. The van der Waals surface area contributed by atoms with Crippen molar-refractivity contribution in [1.82, 2.24) is 4.90 Å². The second kappa shape index (κ2) is 11.2. The molecule has 164 valence electrons. The van der Waals surface area contributed by atoms with Crippen LogP contribution in [0.3, 0.4) is 0 Å². The van der Waals surface area contributed by atoms with E-state index in [-0.39, 0.29) is 24.5 Å². The van der Waals surface area contributed by atoms with Gasteiger partial charge in [-0.1, -0.05) is 49.4 Å². The van der Waals surface area contributed by atoms with Crippen LogP contribution in [-0.4, -0.2) is 42.6 Å². The lowest BCUT2D eigenvalue weighted by Crippen LogP contribution is -2.35. The molecule has 0 saturated heterocycles. The number of amides is 2. The molecule has 3 rings (SSSR count). The van der Waals surface area contributed by atoms with Gasteiger partial charge in [-0.05, 0) is 43.5 Å². The van der Waals surface area contributed by atoms with E-state index in [1.54, 1.807) is 0 Å². The third kappa shape index (κ3) is 5.99. The Bertz CT molecular complexity index is 922. The molecule has 0 unspecified atom stereocenters. The van der Waals surface area contributed by atoms with E-state index in [1.165, 1.54) is 16.7 Å². The van der Waals surface area contributed by atoms with Gasteiger partial charge >= 0.3 is 0 Å². The number of carbonyl (C=O) groups excluding carboxylic acids is 2. The number of thioether (sulfide) groups is 1. The van der Waals surface area contributed by atoms with Crippen LogP contribution in [0.4, 0.5) is 0 Å². The highest BCUT2D eigenvalue weighted by Crippen LogP contribution is 2.37. The van der Waals surface area contributed by atoms with Gasteiger partial charge in [-0.3, -0.25) is 14.5 Å². The van der Waals surface area contributed by atoms with Gasteiger partial charge in [0.15, 0.2) is 0 Å². The Labute approximate surface area is 188 Å². The van der Waals surface area contributed by atoms with Crippen molar-refractivity contribution < 1.29 is 19.1 Å². The Hall–Kier alpha value is -2.57. The van der Waals surface area contributed by atoms with E-state index in [2.05, 4.69) is 6.92 Å². The maximum absolute atomic E-state index is 13.2. The van der Waals surface area contributed by atoms with Crippen LogP contribution in [0.25, 0.3) is 5.57 Å². The minimum atomic E-state index is -0.268. The van der Waals surface area contributed by atoms with Crippen molar-refractivity contribution in [3.8, 4) is 5.75 Å². The van der Waals surface area contributed by atoms with E-state index in [0.29, 0.717) is 29.4 Å². The number of carbonyl (C=O) groups is 2. The first-order chi connectivity index (χ1) is 15.0. The predicted molar refractivity (Wildman–Crippen MR) is 125 cm³/mol. The fraction of sp³-hybridized carbons (Fsp3) is 0.360. The van der Waals surface area contributed by atoms with E-state index < -0.39 is 0 Å². The first-order valence-corrected chi connectivity index (χ1v) is 11.6. The molecule has 0 radical (unpaired) electrons. The zero-order chi connectivity index (χ0) is 22.2. The molecule has 0 atom stereocenters. The van der Waals surface area contributed by atoms with Gasteiger partial charge in [0.25, 0.3) is 11.8 Å². The number of hydrogen-bond donors (Lipinski definition) is 0. The second-order valence-electron chi connectivity index (χ2n) is 7.53. The molecule has 0 aliphatic carbocycles. The summed E-state index contributed by atoms with van der Waals surface area (Å²) in [5.41, 5.74) is 2.28. The molecule has 1 aliphatic rings. The first kappa shape index (κ1) is 23.1. The van der Waals surface area contributed by atoms with Crippen molar-refractivity contribution >= 4 is 29.1 Å². The van der Waals surface area contributed by atoms with Gasteiger partial charge in [0.2, 0.25) is 0 Å². The summed E-state index contributed by atoms with van der Waals surface area (Å²) < 4.78 is 11.2. The maximum atomic E-state index is 13.2. The van der Waals surface area contributed by atoms with E-state index in [0.717, 1.165) is 23.3 Å². The van der Waals surface area contributed by atoms with Crippen molar-refractivity contribution in [2.24, 2.45) is 0 Å². The lowest BCUT2D eigenvalue weighted by Gasteiger charge is -2.16. The first-order valence-electron chi connectivity index (χ1n) is 10.6. The molecule has 2 aromatic rings. The van der Waals surface area contributed by atoms with Gasteiger partial charge in [0.05, 0.1) is 36.3 Å². The fourth-order valence-corrected chi connectivity index (χ4v) is 4.28. The molecular weight excluding hydrogens is 410 g/mol. The van der Waals surface area contributed by atoms with E-state index >= 15 is 0 Å². The standard InChI is InChI=1S/C25H29NO4S/c1-4-15-30-21-12-10-20(11-13-21)22-23(31-17-19-8-6-5-7-9-19)25(28)26(24(22)27)14-16-29-18(2)3/h5-13,18H,4,14-17H2,1-3H3. The number of nitrogens with zero attached hydrogens (tertiary/aromatic N) is 1. The molecule has 0 saturated carbocycles. The summed E-state index contributed by atoms with van der Waals surface area (Å²) in [5, 5.41) is 0. The van der Waals surface area contributed by atoms with Crippen LogP contribution in [0.15, 0.2) is 59.5 Å². The van der Waals surface area contributed by atoms with Crippen LogP contribution in [0.2, 0.25) is 0 Å². The molecule has 2 amide bonds. The van der Waals surface area contributed by atoms with Gasteiger partial charge in [-0.25, -0.2) is 0 Å². The van der Waals surface area contributed by atoms with Gasteiger partial charge in [0.1, 0.15) is 5.75 Å². The molecule has 0 fully saturated rings. The Morgan fingerprint density at radius 3 is 2.29 bits per heavy atom. The third-order valence-corrected chi connectivity index (χ3v) is 5.88. The zero-order valence-electron chi connectivity index (χ0n) is 18.3. The largest absolute Gasteiger partial charge is 0.494 e. The van der Waals surface area contributed by atoms with E-state index in [4.69, 9.17) is 9.47 Å². The monoisotopic (exact) mass is 439 g/mol. The maximum Gasteiger partial charge on any atom is 0.268 e. The summed E-state index contributed by atoms with van der Waals surface area (Å²) >= 11 is 1.41. The van der Waals surface area contributed by atoms with E-state index in [1.807, 2.05) is 68.4 Å². The quantitative estimate of drug-likeness (QED) is 0.466. The fourth-order valence-electron chi connectivity index (χ4n) is 3.19. The SMILES string of the molecule is CCCOc1ccc(C2=C(SCc3ccccc3)C(=O)N(CCOC(C)C)C2=O)cc1. The van der Waals surface area contributed by atoms with Gasteiger partial charge in [-0.15, -0.1) is 11.8 Å². The van der Waals surface area contributed by atoms with Crippen LogP contribution in [0.5, 0.6) is 5.75 Å². The lowest BCUT2D eigenvalue weighted by molar-refractivity contribution is -0.137. The van der Waals surface area contributed by atoms with Crippen molar-refractivity contribution in [1.29, 1.82) is 0 Å². The van der Waals surface area contributed by atoms with Crippen LogP contribution >= 0.6 is 11.8 Å². The van der Waals surface area contributed by atoms with E-state index in [9.17, 15) is 9.59 Å². The van der Waals surface area contributed by atoms with Crippen molar-refractivity contribution in [3.63, 3.8) is 0 Å². The summed E-state index contributed by atoms with van der Waals surface area (Å²) in [6, 6.07) is 17.3. The Balaban J connectivity index is 1.85. The third-order valence-electron chi connectivity index (χ3n) is 4.73. The molecule has 0 aromatic heterocycles. The van der Waals surface area contributed by atoms with Gasteiger partial charge in [-0.2, -0.15) is 0 Å². The molecule has 5 nitrogen and oxygen atoms in total. The number of imide groups is 1. The van der Waals surface area contributed by atoms with Crippen molar-refractivity contribution in [2.75, 3.05) is 19.8 Å². The topological polar surface area (TPSA) is 55.8 Å². The van der Waals surface area contributed by atoms with Crippen molar-refractivity contribution in [2.45, 2.75) is 39.0 Å². The number of benzene rings is 2. The Kier molecular flexibility index (Phi) is 8.32. The van der Waals surface area contributed by atoms with Crippen molar-refractivity contribution in [3.05, 3.63) is 70.6 Å². The van der Waals surface area contributed by atoms with Gasteiger partial charge in [0, 0.05) is 5.75 Å².